The van der Waals surface area contributed by atoms with Crippen LogP contribution >= 0.6 is 0 Å². The van der Waals surface area contributed by atoms with Gasteiger partial charge in [-0.15, -0.1) is 0 Å². The SMILES string of the molecule is Cc1cc(-c2cc(-c3ccccc3)c(C)cc2C)[n+](C)cc1CC(C)(C)C.Cc1cc(C)c(-c2cc(C(C)C)c(C(C)C)c[n+]2C)cc1-c1ccccc1.[2H]C([2H])([2H])c1cc(C)c(-c2cc(C([2H])(C)C)c(C([2H])(C)C)c[n+]2C)cc1-c1ccccc1.[2H]C([2H])([2H])c1cc(C)c(-c2cc(C)c(C([2H])([2H])C(C)(C)C)c[n+]2C)cc1-c1ccccc1. The van der Waals surface area contributed by atoms with Crippen molar-refractivity contribution < 1.29 is 32.0 Å². The molecule has 8 aromatic carbocycles. The second kappa shape index (κ2) is 35.2. The average molecular weight is 1440 g/mol. The van der Waals surface area contributed by atoms with Crippen molar-refractivity contribution in [3.8, 4) is 89.5 Å². The summed E-state index contributed by atoms with van der Waals surface area (Å²) in [5, 5.41) is 0. The molecule has 0 radical (unpaired) electrons. The third kappa shape index (κ3) is 20.2. The lowest BCUT2D eigenvalue weighted by Crippen LogP contribution is -2.32. The van der Waals surface area contributed by atoms with E-state index >= 15 is 0 Å². The molecule has 0 spiro atoms. The van der Waals surface area contributed by atoms with Crippen molar-refractivity contribution in [2.45, 2.75) is 202 Å². The molecule has 0 N–H and O–H groups in total. The molecule has 108 heavy (non-hydrogen) atoms. The third-order valence-corrected chi connectivity index (χ3v) is 20.5. The highest BCUT2D eigenvalue weighted by molar-refractivity contribution is 5.80. The van der Waals surface area contributed by atoms with Gasteiger partial charge in [0, 0.05) is 82.5 Å². The Morgan fingerprint density at radius 1 is 0.296 bits per heavy atom. The highest BCUT2D eigenvalue weighted by atomic mass is 14.9. The van der Waals surface area contributed by atoms with Crippen molar-refractivity contribution in [3.05, 3.63) is 308 Å². The fraction of sp³-hybridized carbons (Fsp3) is 0.346. The Hall–Kier alpha value is -9.64. The molecule has 0 aliphatic heterocycles. The summed E-state index contributed by atoms with van der Waals surface area (Å²) in [5.74, 6) is -0.687. The van der Waals surface area contributed by atoms with Gasteiger partial charge in [-0.3, -0.25) is 0 Å². The Kier molecular flexibility index (Phi) is 22.4. The fourth-order valence-electron chi connectivity index (χ4n) is 14.8. The molecule has 4 aromatic heterocycles. The number of aromatic nitrogens is 4. The fourth-order valence-corrected chi connectivity index (χ4v) is 14.8. The summed E-state index contributed by atoms with van der Waals surface area (Å²) < 4.78 is 91.6. The van der Waals surface area contributed by atoms with Gasteiger partial charge in [0.25, 0.3) is 0 Å². The summed E-state index contributed by atoms with van der Waals surface area (Å²) in [7, 11) is 8.19. The topological polar surface area (TPSA) is 15.5 Å². The molecular weight excluding hydrogens is 1310 g/mol. The van der Waals surface area contributed by atoms with Gasteiger partial charge in [-0.1, -0.05) is 243 Å². The van der Waals surface area contributed by atoms with Crippen molar-refractivity contribution in [1.82, 2.24) is 0 Å². The summed E-state index contributed by atoms with van der Waals surface area (Å²) in [6, 6.07) is 66.1. The van der Waals surface area contributed by atoms with Gasteiger partial charge in [0.05, 0.1) is 0 Å². The van der Waals surface area contributed by atoms with Gasteiger partial charge in [-0.2, -0.15) is 0 Å². The lowest BCUT2D eigenvalue weighted by molar-refractivity contribution is -0.661. The zero-order chi connectivity index (χ0) is 87.6. The van der Waals surface area contributed by atoms with E-state index in [9.17, 15) is 0 Å². The first-order valence-electron chi connectivity index (χ1n) is 43.5. The summed E-state index contributed by atoms with van der Waals surface area (Å²) in [4.78, 5) is 0. The number of hydrogen-bond acceptors (Lipinski definition) is 0. The van der Waals surface area contributed by atoms with E-state index in [2.05, 4.69) is 216 Å². The second-order valence-corrected chi connectivity index (χ2v) is 33.4. The molecule has 12 aromatic rings. The molecule has 0 atom stereocenters. The van der Waals surface area contributed by atoms with Gasteiger partial charge in [-0.05, 0) is 252 Å². The molecule has 0 saturated heterocycles. The quantitative estimate of drug-likeness (QED) is 0.0965. The van der Waals surface area contributed by atoms with Gasteiger partial charge in [0.15, 0.2) is 24.8 Å². The maximum atomic E-state index is 8.71. The maximum Gasteiger partial charge on any atom is 0.212 e. The first-order chi connectivity index (χ1) is 54.7. The highest BCUT2D eigenvalue weighted by Crippen LogP contribution is 2.39. The summed E-state index contributed by atoms with van der Waals surface area (Å²) in [6.07, 6.45) is 8.05. The number of rotatable bonds is 14. The molecule has 0 amide bonds. The van der Waals surface area contributed by atoms with Crippen molar-refractivity contribution in [2.24, 2.45) is 39.0 Å². The van der Waals surface area contributed by atoms with Crippen LogP contribution in [0.1, 0.15) is 223 Å². The first-order valence-corrected chi connectivity index (χ1v) is 38.5. The summed E-state index contributed by atoms with van der Waals surface area (Å²) in [5.41, 5.74) is 33.4. The van der Waals surface area contributed by atoms with E-state index in [0.717, 1.165) is 67.9 Å². The van der Waals surface area contributed by atoms with Gasteiger partial charge >= 0.3 is 0 Å². The molecule has 0 fully saturated rings. The van der Waals surface area contributed by atoms with Crippen LogP contribution in [0.2, 0.25) is 0 Å². The summed E-state index contributed by atoms with van der Waals surface area (Å²) >= 11 is 0. The Balaban J connectivity index is 0.000000180. The number of aryl methyl sites for hydroxylation is 14. The molecule has 4 heterocycles. The van der Waals surface area contributed by atoms with Crippen molar-refractivity contribution in [2.75, 3.05) is 0 Å². The van der Waals surface area contributed by atoms with Crippen LogP contribution in [0, 0.1) is 79.9 Å². The third-order valence-electron chi connectivity index (χ3n) is 20.5. The Labute approximate surface area is 667 Å². The van der Waals surface area contributed by atoms with Crippen molar-refractivity contribution >= 4 is 0 Å². The number of pyridine rings is 4. The van der Waals surface area contributed by atoms with E-state index in [1.807, 2.05) is 190 Å². The van der Waals surface area contributed by atoms with E-state index in [1.165, 1.54) is 89.3 Å². The van der Waals surface area contributed by atoms with Crippen LogP contribution in [-0.2, 0) is 41.0 Å². The lowest BCUT2D eigenvalue weighted by atomic mass is 9.86. The largest absolute Gasteiger partial charge is 0.212 e. The Bertz CT molecular complexity index is 5570. The van der Waals surface area contributed by atoms with E-state index < -0.39 is 37.3 Å². The highest BCUT2D eigenvalue weighted by Gasteiger charge is 2.27. The molecule has 0 unspecified atom stereocenters. The molecule has 4 nitrogen and oxygen atoms in total. The molecule has 0 saturated carbocycles. The minimum Gasteiger partial charge on any atom is -0.201 e. The Morgan fingerprint density at radius 2 is 0.574 bits per heavy atom. The number of benzene rings is 8. The van der Waals surface area contributed by atoms with Crippen LogP contribution in [0.25, 0.3) is 89.5 Å². The second-order valence-electron chi connectivity index (χ2n) is 33.4. The van der Waals surface area contributed by atoms with Crippen LogP contribution in [0.15, 0.2) is 219 Å². The van der Waals surface area contributed by atoms with Gasteiger partial charge < -0.3 is 0 Å². The van der Waals surface area contributed by atoms with E-state index in [-0.39, 0.29) is 0 Å². The molecule has 560 valence electrons. The maximum absolute atomic E-state index is 8.71. The molecule has 4 heteroatoms. The van der Waals surface area contributed by atoms with Gasteiger partial charge in [0.1, 0.15) is 28.2 Å². The molecule has 0 bridgehead atoms. The van der Waals surface area contributed by atoms with Gasteiger partial charge in [0.2, 0.25) is 22.8 Å². The predicted octanol–water partition coefficient (Wildman–Crippen LogP) is 26.1. The first kappa shape index (κ1) is 68.9. The van der Waals surface area contributed by atoms with Crippen molar-refractivity contribution in [1.29, 1.82) is 0 Å². The smallest absolute Gasteiger partial charge is 0.201 e. The minimum absolute atomic E-state index is 0.291. The molecule has 0 aliphatic carbocycles. The van der Waals surface area contributed by atoms with Crippen LogP contribution in [-0.4, -0.2) is 0 Å². The van der Waals surface area contributed by atoms with Crippen LogP contribution < -0.4 is 18.3 Å². The monoisotopic (exact) mass is 1440 g/mol. The van der Waals surface area contributed by atoms with Crippen molar-refractivity contribution in [3.63, 3.8) is 0 Å². The average Bonchev–Trinajstić information content (AvgIpc) is 0.763. The molecule has 0 aliphatic rings. The van der Waals surface area contributed by atoms with Crippen LogP contribution in [0.3, 0.4) is 0 Å². The molecular formula is C104H128N4+4. The summed E-state index contributed by atoms with van der Waals surface area (Å²) in [6.45, 7) is 41.6. The normalized spacial score (nSPS) is 13.5. The van der Waals surface area contributed by atoms with Crippen LogP contribution in [0.5, 0.6) is 0 Å². The molecule has 12 rings (SSSR count). The van der Waals surface area contributed by atoms with E-state index in [1.54, 1.807) is 12.1 Å². The van der Waals surface area contributed by atoms with Gasteiger partial charge in [-0.25, -0.2) is 18.3 Å². The zero-order valence-corrected chi connectivity index (χ0v) is 69.9. The number of nitrogens with zero attached hydrogens (tertiary/aromatic N) is 4. The lowest BCUT2D eigenvalue weighted by Gasteiger charge is -2.19. The Morgan fingerprint density at radius 3 is 0.889 bits per heavy atom. The minimum atomic E-state index is -2.23. The van der Waals surface area contributed by atoms with Crippen LogP contribution in [0.4, 0.5) is 0 Å². The predicted molar refractivity (Wildman–Crippen MR) is 464 cm³/mol. The zero-order valence-electron chi connectivity index (χ0n) is 79.9. The van der Waals surface area contributed by atoms with E-state index in [4.69, 9.17) is 13.7 Å². The van der Waals surface area contributed by atoms with E-state index in [0.29, 0.717) is 45.1 Å². The standard InChI is InChI=1S/4C26H32N/c2*1-18-14-25(27(7)17-22(18)16-26(4,5)6)24-15-23(19(2)13-20(24)3)21-11-9-8-10-12-21;2*1-17(2)22-15-26(27(7)16-25(22)18(3)4)24-14-23(19(5)13-20(24)6)21-11-9-8-10-12-21/h2*8-15,17H,16H2,1-7H3;2*8-18H,1-7H3/q4*+1/i2D3,16D2;;5D3,17D,18D;. The number of hydrogen-bond donors (Lipinski definition) is 0.